The lowest BCUT2D eigenvalue weighted by Crippen LogP contribution is -2.21. The standard InChI is InChI=1S/C12H15ClN2O/c1-3-16-8-9(2)15-11-5-4-10(7-14)12(13)6-11/h4-6,9,15H,3,8H2,1-2H3. The molecule has 1 rings (SSSR count). The Hall–Kier alpha value is -1.24. The van der Waals surface area contributed by atoms with Crippen molar-refractivity contribution < 1.29 is 4.74 Å². The van der Waals surface area contributed by atoms with Gasteiger partial charge >= 0.3 is 0 Å². The summed E-state index contributed by atoms with van der Waals surface area (Å²) in [4.78, 5) is 0. The third kappa shape index (κ3) is 3.73. The molecule has 16 heavy (non-hydrogen) atoms. The van der Waals surface area contributed by atoms with Gasteiger partial charge in [0.2, 0.25) is 0 Å². The molecule has 4 heteroatoms. The molecule has 0 aliphatic carbocycles. The van der Waals surface area contributed by atoms with Crippen LogP contribution in [0, 0.1) is 11.3 Å². The Kier molecular flexibility index (Phi) is 5.10. The van der Waals surface area contributed by atoms with Gasteiger partial charge in [-0.3, -0.25) is 0 Å². The molecule has 0 aliphatic rings. The van der Waals surface area contributed by atoms with Gasteiger partial charge in [0, 0.05) is 18.3 Å². The molecule has 0 spiro atoms. The zero-order valence-corrected chi connectivity index (χ0v) is 10.2. The van der Waals surface area contributed by atoms with E-state index in [1.165, 1.54) is 0 Å². The number of anilines is 1. The third-order valence-electron chi connectivity index (χ3n) is 2.07. The molecule has 0 saturated heterocycles. The zero-order valence-electron chi connectivity index (χ0n) is 9.46. The summed E-state index contributed by atoms with van der Waals surface area (Å²) in [6, 6.07) is 7.54. The Balaban J connectivity index is 2.61. The third-order valence-corrected chi connectivity index (χ3v) is 2.39. The average molecular weight is 239 g/mol. The molecule has 1 atom stereocenters. The van der Waals surface area contributed by atoms with Gasteiger partial charge < -0.3 is 10.1 Å². The van der Waals surface area contributed by atoms with E-state index in [0.717, 1.165) is 5.69 Å². The summed E-state index contributed by atoms with van der Waals surface area (Å²) in [6.45, 7) is 5.35. The van der Waals surface area contributed by atoms with Crippen molar-refractivity contribution >= 4 is 17.3 Å². The van der Waals surface area contributed by atoms with Crippen LogP contribution < -0.4 is 5.32 Å². The molecule has 1 unspecified atom stereocenters. The molecule has 0 saturated carbocycles. The van der Waals surface area contributed by atoms with Crippen molar-refractivity contribution in [3.8, 4) is 6.07 Å². The minimum absolute atomic E-state index is 0.212. The van der Waals surface area contributed by atoms with E-state index in [9.17, 15) is 0 Å². The molecule has 1 N–H and O–H groups in total. The van der Waals surface area contributed by atoms with Crippen molar-refractivity contribution in [3.05, 3.63) is 28.8 Å². The molecule has 0 aromatic heterocycles. The first-order valence-corrected chi connectivity index (χ1v) is 5.59. The fourth-order valence-electron chi connectivity index (χ4n) is 1.32. The van der Waals surface area contributed by atoms with Crippen molar-refractivity contribution in [2.45, 2.75) is 19.9 Å². The Morgan fingerprint density at radius 2 is 2.31 bits per heavy atom. The highest BCUT2D eigenvalue weighted by molar-refractivity contribution is 6.32. The number of nitriles is 1. The van der Waals surface area contributed by atoms with E-state index < -0.39 is 0 Å². The van der Waals surface area contributed by atoms with Gasteiger partial charge in [-0.1, -0.05) is 11.6 Å². The maximum Gasteiger partial charge on any atom is 0.101 e. The highest BCUT2D eigenvalue weighted by Crippen LogP contribution is 2.20. The summed E-state index contributed by atoms with van der Waals surface area (Å²) in [5.41, 5.74) is 1.39. The van der Waals surface area contributed by atoms with Crippen LogP contribution >= 0.6 is 11.6 Å². The van der Waals surface area contributed by atoms with Gasteiger partial charge in [-0.25, -0.2) is 0 Å². The largest absolute Gasteiger partial charge is 0.380 e. The molecule has 0 bridgehead atoms. The van der Waals surface area contributed by atoms with Crippen molar-refractivity contribution in [2.75, 3.05) is 18.5 Å². The van der Waals surface area contributed by atoms with Crippen LogP contribution in [0.3, 0.4) is 0 Å². The highest BCUT2D eigenvalue weighted by atomic mass is 35.5. The van der Waals surface area contributed by atoms with Crippen LogP contribution in [0.1, 0.15) is 19.4 Å². The van der Waals surface area contributed by atoms with Crippen LogP contribution in [0.4, 0.5) is 5.69 Å². The summed E-state index contributed by atoms with van der Waals surface area (Å²) >= 11 is 5.92. The predicted molar refractivity (Wildman–Crippen MR) is 65.7 cm³/mol. The van der Waals surface area contributed by atoms with E-state index in [0.29, 0.717) is 23.8 Å². The van der Waals surface area contributed by atoms with Crippen LogP contribution in [-0.2, 0) is 4.74 Å². The second kappa shape index (κ2) is 6.37. The maximum absolute atomic E-state index is 8.73. The summed E-state index contributed by atoms with van der Waals surface area (Å²) in [5, 5.41) is 12.5. The number of rotatable bonds is 5. The van der Waals surface area contributed by atoms with E-state index in [1.807, 2.05) is 26.0 Å². The monoisotopic (exact) mass is 238 g/mol. The van der Waals surface area contributed by atoms with Crippen molar-refractivity contribution in [3.63, 3.8) is 0 Å². The van der Waals surface area contributed by atoms with E-state index in [4.69, 9.17) is 21.6 Å². The van der Waals surface area contributed by atoms with Gasteiger partial charge in [-0.15, -0.1) is 0 Å². The number of benzene rings is 1. The van der Waals surface area contributed by atoms with Gasteiger partial charge in [-0.2, -0.15) is 5.26 Å². The molecule has 1 aromatic rings. The topological polar surface area (TPSA) is 45.0 Å². The molecular formula is C12H15ClN2O. The van der Waals surface area contributed by atoms with Gasteiger partial charge in [0.25, 0.3) is 0 Å². The van der Waals surface area contributed by atoms with E-state index in [2.05, 4.69) is 5.32 Å². The second-order valence-electron chi connectivity index (χ2n) is 3.51. The molecular weight excluding hydrogens is 224 g/mol. The van der Waals surface area contributed by atoms with Crippen molar-refractivity contribution in [1.82, 2.24) is 0 Å². The molecule has 1 aromatic carbocycles. The zero-order chi connectivity index (χ0) is 12.0. The normalized spacial score (nSPS) is 11.9. The van der Waals surface area contributed by atoms with E-state index in [1.54, 1.807) is 12.1 Å². The number of ether oxygens (including phenoxy) is 1. The van der Waals surface area contributed by atoms with Crippen LogP contribution in [0.15, 0.2) is 18.2 Å². The molecule has 0 heterocycles. The first-order chi connectivity index (χ1) is 7.67. The van der Waals surface area contributed by atoms with E-state index in [-0.39, 0.29) is 6.04 Å². The smallest absolute Gasteiger partial charge is 0.101 e. The van der Waals surface area contributed by atoms with Gasteiger partial charge in [0.1, 0.15) is 6.07 Å². The highest BCUT2D eigenvalue weighted by Gasteiger charge is 2.04. The van der Waals surface area contributed by atoms with Crippen LogP contribution in [0.2, 0.25) is 5.02 Å². The lowest BCUT2D eigenvalue weighted by molar-refractivity contribution is 0.141. The molecule has 3 nitrogen and oxygen atoms in total. The minimum Gasteiger partial charge on any atom is -0.380 e. The van der Waals surface area contributed by atoms with Crippen LogP contribution in [-0.4, -0.2) is 19.3 Å². The molecule has 0 fully saturated rings. The number of hydrogen-bond acceptors (Lipinski definition) is 3. The summed E-state index contributed by atoms with van der Waals surface area (Å²) in [5.74, 6) is 0. The van der Waals surface area contributed by atoms with E-state index >= 15 is 0 Å². The molecule has 0 radical (unpaired) electrons. The Morgan fingerprint density at radius 1 is 1.56 bits per heavy atom. The lowest BCUT2D eigenvalue weighted by atomic mass is 10.2. The number of nitrogens with zero attached hydrogens (tertiary/aromatic N) is 1. The average Bonchev–Trinajstić information content (AvgIpc) is 2.26. The minimum atomic E-state index is 0.212. The second-order valence-corrected chi connectivity index (χ2v) is 3.92. The Labute approximate surface area is 101 Å². The number of halogens is 1. The summed E-state index contributed by atoms with van der Waals surface area (Å²) in [6.07, 6.45) is 0. The number of hydrogen-bond donors (Lipinski definition) is 1. The van der Waals surface area contributed by atoms with Crippen LogP contribution in [0.5, 0.6) is 0 Å². The molecule has 0 amide bonds. The van der Waals surface area contributed by atoms with Gasteiger partial charge in [0.05, 0.1) is 17.2 Å². The lowest BCUT2D eigenvalue weighted by Gasteiger charge is -2.15. The Bertz CT molecular complexity index is 387. The Morgan fingerprint density at radius 3 is 2.88 bits per heavy atom. The fourth-order valence-corrected chi connectivity index (χ4v) is 1.54. The van der Waals surface area contributed by atoms with Crippen molar-refractivity contribution in [2.24, 2.45) is 0 Å². The van der Waals surface area contributed by atoms with Crippen LogP contribution in [0.25, 0.3) is 0 Å². The first kappa shape index (κ1) is 12.8. The van der Waals surface area contributed by atoms with Gasteiger partial charge in [0.15, 0.2) is 0 Å². The quantitative estimate of drug-likeness (QED) is 0.858. The summed E-state index contributed by atoms with van der Waals surface area (Å²) in [7, 11) is 0. The number of nitrogens with one attached hydrogen (secondary N) is 1. The fraction of sp³-hybridized carbons (Fsp3) is 0.417. The SMILES string of the molecule is CCOCC(C)Nc1ccc(C#N)c(Cl)c1. The van der Waals surface area contributed by atoms with Gasteiger partial charge in [-0.05, 0) is 32.0 Å². The molecule has 86 valence electrons. The first-order valence-electron chi connectivity index (χ1n) is 5.21. The summed E-state index contributed by atoms with van der Waals surface area (Å²) < 4.78 is 5.29. The maximum atomic E-state index is 8.73. The predicted octanol–water partition coefficient (Wildman–Crippen LogP) is 3.05. The van der Waals surface area contributed by atoms with Crippen molar-refractivity contribution in [1.29, 1.82) is 5.26 Å². The molecule has 0 aliphatic heterocycles.